The summed E-state index contributed by atoms with van der Waals surface area (Å²) in [7, 11) is 0. The first-order chi connectivity index (χ1) is 9.74. The molecule has 1 aromatic carbocycles. The number of hydrogen-bond donors (Lipinski definition) is 1. The quantitative estimate of drug-likeness (QED) is 0.895. The van der Waals surface area contributed by atoms with Crippen LogP contribution in [0.15, 0.2) is 30.3 Å². The Bertz CT molecular complexity index is 406. The average molecular weight is 274 g/mol. The maximum atomic E-state index is 12.1. The summed E-state index contributed by atoms with van der Waals surface area (Å²) in [5.74, 6) is 0.0617. The number of benzene rings is 1. The summed E-state index contributed by atoms with van der Waals surface area (Å²) in [5, 5.41) is 3.17. The fraction of sp³-hybridized carbons (Fsp3) is 0.588. The van der Waals surface area contributed by atoms with E-state index in [1.165, 1.54) is 12.8 Å². The number of carbonyl (C=O) groups excluding carboxylic acids is 1. The van der Waals surface area contributed by atoms with Gasteiger partial charge in [0.15, 0.2) is 0 Å². The molecule has 1 amide bonds. The summed E-state index contributed by atoms with van der Waals surface area (Å²) in [5.41, 5.74) is 0.759. The van der Waals surface area contributed by atoms with Crippen molar-refractivity contribution < 1.29 is 4.79 Å². The first kappa shape index (κ1) is 15.0. The minimum absolute atomic E-state index is 0.0617. The molecule has 0 aliphatic carbocycles. The van der Waals surface area contributed by atoms with Crippen LogP contribution in [0, 0.1) is 0 Å². The molecule has 3 nitrogen and oxygen atoms in total. The van der Waals surface area contributed by atoms with Gasteiger partial charge in [-0.25, -0.2) is 0 Å². The van der Waals surface area contributed by atoms with Crippen LogP contribution in [0.3, 0.4) is 0 Å². The van der Waals surface area contributed by atoms with Crippen molar-refractivity contribution in [3.8, 4) is 0 Å². The van der Waals surface area contributed by atoms with Crippen LogP contribution in [0.4, 0.5) is 0 Å². The lowest BCUT2D eigenvalue weighted by atomic mass is 10.0. The first-order valence-electron chi connectivity index (χ1n) is 7.84. The summed E-state index contributed by atoms with van der Waals surface area (Å²) < 4.78 is 0. The zero-order valence-electron chi connectivity index (χ0n) is 12.6. The molecule has 0 atom stereocenters. The lowest BCUT2D eigenvalue weighted by Gasteiger charge is -2.37. The number of nitrogens with one attached hydrogen (secondary N) is 1. The van der Waals surface area contributed by atoms with Crippen LogP contribution in [-0.2, 0) is 0 Å². The summed E-state index contributed by atoms with van der Waals surface area (Å²) in [6.07, 6.45) is 4.57. The van der Waals surface area contributed by atoms with E-state index in [-0.39, 0.29) is 5.91 Å². The molecule has 0 spiro atoms. The van der Waals surface area contributed by atoms with Crippen LogP contribution < -0.4 is 5.32 Å². The molecule has 1 aliphatic rings. The lowest BCUT2D eigenvalue weighted by molar-refractivity contribution is 0.0886. The smallest absolute Gasteiger partial charge is 0.251 e. The molecule has 3 heteroatoms. The summed E-state index contributed by atoms with van der Waals surface area (Å²) >= 11 is 0. The van der Waals surface area contributed by atoms with Crippen molar-refractivity contribution in [1.82, 2.24) is 10.2 Å². The largest absolute Gasteiger partial charge is 0.349 e. The van der Waals surface area contributed by atoms with Crippen molar-refractivity contribution in [1.29, 1.82) is 0 Å². The van der Waals surface area contributed by atoms with Crippen molar-refractivity contribution in [3.63, 3.8) is 0 Å². The normalized spacial score (nSPS) is 17.4. The molecule has 0 bridgehead atoms. The lowest BCUT2D eigenvalue weighted by Crippen LogP contribution is -2.47. The second kappa shape index (κ2) is 7.44. The summed E-state index contributed by atoms with van der Waals surface area (Å²) in [4.78, 5) is 14.7. The zero-order chi connectivity index (χ0) is 14.4. The highest BCUT2D eigenvalue weighted by Crippen LogP contribution is 2.17. The maximum absolute atomic E-state index is 12.1. The molecule has 1 aromatic rings. The predicted molar refractivity (Wildman–Crippen MR) is 82.9 cm³/mol. The van der Waals surface area contributed by atoms with Crippen LogP contribution in [0.2, 0.25) is 0 Å². The number of piperidine rings is 1. The Balaban J connectivity index is 1.81. The van der Waals surface area contributed by atoms with Gasteiger partial charge >= 0.3 is 0 Å². The Kier molecular flexibility index (Phi) is 5.60. The van der Waals surface area contributed by atoms with Crippen molar-refractivity contribution in [2.45, 2.75) is 51.6 Å². The molecule has 1 N–H and O–H groups in total. The molecule has 110 valence electrons. The number of rotatable bonds is 5. The minimum Gasteiger partial charge on any atom is -0.349 e. The molecule has 1 aliphatic heterocycles. The highest BCUT2D eigenvalue weighted by molar-refractivity contribution is 5.94. The van der Waals surface area contributed by atoms with E-state index in [1.54, 1.807) is 0 Å². The topological polar surface area (TPSA) is 32.3 Å². The maximum Gasteiger partial charge on any atom is 0.251 e. The van der Waals surface area contributed by atoms with Crippen LogP contribution in [0.1, 0.15) is 49.9 Å². The average Bonchev–Trinajstić information content (AvgIpc) is 2.51. The molecule has 1 fully saturated rings. The van der Waals surface area contributed by atoms with Crippen molar-refractivity contribution >= 4 is 5.91 Å². The standard InChI is InChI=1S/C17H26N2O/c1-3-16(4-2)19-12-10-15(11-13-19)18-17(20)14-8-6-5-7-9-14/h5-9,15-16H,3-4,10-13H2,1-2H3,(H,18,20). The molecule has 20 heavy (non-hydrogen) atoms. The summed E-state index contributed by atoms with van der Waals surface area (Å²) in [6.45, 7) is 6.73. The second-order valence-corrected chi connectivity index (χ2v) is 5.62. The molecule has 1 heterocycles. The van der Waals surface area contributed by atoms with Gasteiger partial charge in [0.2, 0.25) is 0 Å². The Morgan fingerprint density at radius 3 is 2.35 bits per heavy atom. The SMILES string of the molecule is CCC(CC)N1CCC(NC(=O)c2ccccc2)CC1. The van der Waals surface area contributed by atoms with E-state index in [0.29, 0.717) is 12.1 Å². The van der Waals surface area contributed by atoms with Crippen LogP contribution in [-0.4, -0.2) is 36.0 Å². The van der Waals surface area contributed by atoms with Gasteiger partial charge in [0.05, 0.1) is 0 Å². The van der Waals surface area contributed by atoms with Gasteiger partial charge in [-0.05, 0) is 37.8 Å². The van der Waals surface area contributed by atoms with Crippen molar-refractivity contribution in [2.75, 3.05) is 13.1 Å². The minimum atomic E-state index is 0.0617. The van der Waals surface area contributed by atoms with Gasteiger partial charge in [-0.15, -0.1) is 0 Å². The fourth-order valence-corrected chi connectivity index (χ4v) is 3.07. The van der Waals surface area contributed by atoms with Gasteiger partial charge in [-0.3, -0.25) is 4.79 Å². The van der Waals surface area contributed by atoms with Crippen molar-refractivity contribution in [3.05, 3.63) is 35.9 Å². The van der Waals surface area contributed by atoms with E-state index < -0.39 is 0 Å². The van der Waals surface area contributed by atoms with Crippen LogP contribution in [0.25, 0.3) is 0 Å². The predicted octanol–water partition coefficient (Wildman–Crippen LogP) is 3.07. The van der Waals surface area contributed by atoms with Crippen LogP contribution >= 0.6 is 0 Å². The van der Waals surface area contributed by atoms with Crippen molar-refractivity contribution in [2.24, 2.45) is 0 Å². The molecule has 0 saturated carbocycles. The van der Waals surface area contributed by atoms with Gasteiger partial charge < -0.3 is 10.2 Å². The fourth-order valence-electron chi connectivity index (χ4n) is 3.07. The third-order valence-electron chi connectivity index (χ3n) is 4.36. The Hall–Kier alpha value is -1.35. The Labute approximate surface area is 122 Å². The monoisotopic (exact) mass is 274 g/mol. The second-order valence-electron chi connectivity index (χ2n) is 5.62. The number of hydrogen-bond acceptors (Lipinski definition) is 2. The molecule has 1 saturated heterocycles. The number of carbonyl (C=O) groups is 1. The van der Waals surface area contributed by atoms with E-state index in [4.69, 9.17) is 0 Å². The van der Waals surface area contributed by atoms with E-state index >= 15 is 0 Å². The molecule has 0 aromatic heterocycles. The highest BCUT2D eigenvalue weighted by Gasteiger charge is 2.24. The number of likely N-dealkylation sites (tertiary alicyclic amines) is 1. The molecule has 0 unspecified atom stereocenters. The van der Waals surface area contributed by atoms with Gasteiger partial charge in [0.25, 0.3) is 5.91 Å². The van der Waals surface area contributed by atoms with E-state index in [0.717, 1.165) is 31.5 Å². The highest BCUT2D eigenvalue weighted by atomic mass is 16.1. The van der Waals surface area contributed by atoms with Gasteiger partial charge in [-0.2, -0.15) is 0 Å². The summed E-state index contributed by atoms with van der Waals surface area (Å²) in [6, 6.07) is 10.5. The molecule has 2 rings (SSSR count). The molecule has 0 radical (unpaired) electrons. The van der Waals surface area contributed by atoms with Gasteiger partial charge in [0.1, 0.15) is 0 Å². The third-order valence-corrected chi connectivity index (χ3v) is 4.36. The van der Waals surface area contributed by atoms with E-state index in [2.05, 4.69) is 24.1 Å². The zero-order valence-corrected chi connectivity index (χ0v) is 12.6. The third kappa shape index (κ3) is 3.83. The molecular weight excluding hydrogens is 248 g/mol. The Morgan fingerprint density at radius 1 is 1.20 bits per heavy atom. The number of amides is 1. The Morgan fingerprint density at radius 2 is 1.80 bits per heavy atom. The first-order valence-corrected chi connectivity index (χ1v) is 7.84. The molecular formula is C17H26N2O. The van der Waals surface area contributed by atoms with E-state index in [1.807, 2.05) is 30.3 Å². The van der Waals surface area contributed by atoms with Gasteiger partial charge in [-0.1, -0.05) is 32.0 Å². The van der Waals surface area contributed by atoms with Crippen LogP contribution in [0.5, 0.6) is 0 Å². The van der Waals surface area contributed by atoms with Gasteiger partial charge in [0, 0.05) is 30.7 Å². The number of nitrogens with zero attached hydrogens (tertiary/aromatic N) is 1. The van der Waals surface area contributed by atoms with E-state index in [9.17, 15) is 4.79 Å².